The van der Waals surface area contributed by atoms with Crippen LogP contribution in [-0.2, 0) is 19.1 Å². The SMILES string of the molecule is C=CCN1C(=O)/C(=C\c2ccc(OCC(=O)Nc3cccc(Cl)c3)cc2)C(C(=O)OC)=C1C. The van der Waals surface area contributed by atoms with E-state index < -0.39 is 5.97 Å². The molecule has 0 saturated carbocycles. The highest BCUT2D eigenvalue weighted by molar-refractivity contribution is 6.30. The summed E-state index contributed by atoms with van der Waals surface area (Å²) < 4.78 is 10.4. The van der Waals surface area contributed by atoms with E-state index in [1.807, 2.05) is 0 Å². The molecular weight excluding hydrogens is 444 g/mol. The second-order valence-corrected chi connectivity index (χ2v) is 7.57. The summed E-state index contributed by atoms with van der Waals surface area (Å²) in [4.78, 5) is 38.7. The molecule has 0 unspecified atom stereocenters. The summed E-state index contributed by atoms with van der Waals surface area (Å²) in [6.45, 7) is 5.45. The lowest BCUT2D eigenvalue weighted by Crippen LogP contribution is -2.24. The number of methoxy groups -OCH3 is 1. The lowest BCUT2D eigenvalue weighted by atomic mass is 10.0. The van der Waals surface area contributed by atoms with Crippen LogP contribution in [0.15, 0.2) is 78.0 Å². The Labute approximate surface area is 196 Å². The van der Waals surface area contributed by atoms with E-state index in [0.29, 0.717) is 27.7 Å². The first-order valence-electron chi connectivity index (χ1n) is 10.1. The number of esters is 1. The number of anilines is 1. The van der Waals surface area contributed by atoms with E-state index in [1.165, 1.54) is 12.0 Å². The predicted octanol–water partition coefficient (Wildman–Crippen LogP) is 4.22. The highest BCUT2D eigenvalue weighted by Gasteiger charge is 2.36. The zero-order chi connectivity index (χ0) is 24.0. The van der Waals surface area contributed by atoms with Crippen molar-refractivity contribution >= 4 is 41.1 Å². The van der Waals surface area contributed by atoms with Gasteiger partial charge in [0.1, 0.15) is 5.75 Å². The molecule has 170 valence electrons. The number of nitrogens with one attached hydrogen (secondary N) is 1. The van der Waals surface area contributed by atoms with Crippen molar-refractivity contribution in [3.63, 3.8) is 0 Å². The first-order valence-corrected chi connectivity index (χ1v) is 10.4. The number of benzene rings is 2. The molecule has 0 aromatic heterocycles. The smallest absolute Gasteiger partial charge is 0.340 e. The van der Waals surface area contributed by atoms with Gasteiger partial charge in [-0.15, -0.1) is 6.58 Å². The van der Waals surface area contributed by atoms with Gasteiger partial charge in [-0.25, -0.2) is 4.79 Å². The Bertz CT molecular complexity index is 1150. The molecule has 2 aromatic rings. The van der Waals surface area contributed by atoms with Gasteiger partial charge in [0.15, 0.2) is 6.61 Å². The molecule has 3 rings (SSSR count). The van der Waals surface area contributed by atoms with Crippen LogP contribution in [-0.4, -0.2) is 42.9 Å². The Morgan fingerprint density at radius 2 is 1.91 bits per heavy atom. The number of rotatable bonds is 8. The first kappa shape index (κ1) is 23.8. The molecular formula is C25H23ClN2O5. The molecule has 0 fully saturated rings. The molecule has 0 radical (unpaired) electrons. The van der Waals surface area contributed by atoms with E-state index in [1.54, 1.807) is 67.6 Å². The molecule has 0 spiro atoms. The topological polar surface area (TPSA) is 84.9 Å². The number of ether oxygens (including phenoxy) is 2. The maximum atomic E-state index is 12.8. The Kier molecular flexibility index (Phi) is 7.69. The van der Waals surface area contributed by atoms with Gasteiger partial charge in [-0.1, -0.05) is 35.9 Å². The Morgan fingerprint density at radius 1 is 1.18 bits per heavy atom. The quantitative estimate of drug-likeness (QED) is 0.358. The van der Waals surface area contributed by atoms with Crippen LogP contribution in [0.25, 0.3) is 6.08 Å². The number of nitrogens with zero attached hydrogens (tertiary/aromatic N) is 1. The van der Waals surface area contributed by atoms with Crippen molar-refractivity contribution in [2.24, 2.45) is 0 Å². The zero-order valence-corrected chi connectivity index (χ0v) is 19.0. The van der Waals surface area contributed by atoms with E-state index in [0.717, 1.165) is 0 Å². The van der Waals surface area contributed by atoms with Crippen molar-refractivity contribution in [2.45, 2.75) is 6.92 Å². The summed E-state index contributed by atoms with van der Waals surface area (Å²) in [5.41, 5.74) is 2.25. The summed E-state index contributed by atoms with van der Waals surface area (Å²) in [6, 6.07) is 13.6. The monoisotopic (exact) mass is 466 g/mol. The van der Waals surface area contributed by atoms with Crippen LogP contribution in [0, 0.1) is 0 Å². The summed E-state index contributed by atoms with van der Waals surface area (Å²) >= 11 is 5.91. The normalized spacial score (nSPS) is 14.5. The van der Waals surface area contributed by atoms with E-state index >= 15 is 0 Å². The van der Waals surface area contributed by atoms with Gasteiger partial charge in [0.25, 0.3) is 11.8 Å². The number of hydrogen-bond donors (Lipinski definition) is 1. The van der Waals surface area contributed by atoms with Crippen LogP contribution in [0.5, 0.6) is 5.75 Å². The molecule has 8 heteroatoms. The van der Waals surface area contributed by atoms with E-state index in [-0.39, 0.29) is 36.1 Å². The van der Waals surface area contributed by atoms with Crippen molar-refractivity contribution < 1.29 is 23.9 Å². The third-order valence-corrected chi connectivity index (χ3v) is 5.12. The number of hydrogen-bond acceptors (Lipinski definition) is 5. The van der Waals surface area contributed by atoms with E-state index in [9.17, 15) is 14.4 Å². The molecule has 1 heterocycles. The number of carbonyl (C=O) groups is 3. The van der Waals surface area contributed by atoms with Crippen molar-refractivity contribution in [3.8, 4) is 5.75 Å². The van der Waals surface area contributed by atoms with Crippen LogP contribution in [0.4, 0.5) is 5.69 Å². The largest absolute Gasteiger partial charge is 0.484 e. The van der Waals surface area contributed by atoms with Crippen LogP contribution in [0.3, 0.4) is 0 Å². The van der Waals surface area contributed by atoms with Crippen molar-refractivity contribution in [3.05, 3.63) is 88.6 Å². The third kappa shape index (κ3) is 5.70. The number of allylic oxidation sites excluding steroid dienone is 1. The van der Waals surface area contributed by atoms with Crippen LogP contribution in [0.2, 0.25) is 5.02 Å². The minimum absolute atomic E-state index is 0.184. The fraction of sp³-hybridized carbons (Fsp3) is 0.160. The molecule has 33 heavy (non-hydrogen) atoms. The van der Waals surface area contributed by atoms with Gasteiger partial charge in [0.05, 0.1) is 18.3 Å². The fourth-order valence-corrected chi connectivity index (χ4v) is 3.51. The maximum absolute atomic E-state index is 12.8. The molecule has 1 N–H and O–H groups in total. The van der Waals surface area contributed by atoms with Crippen LogP contribution < -0.4 is 10.1 Å². The number of amides is 2. The molecule has 2 aromatic carbocycles. The van der Waals surface area contributed by atoms with Gasteiger partial charge >= 0.3 is 5.97 Å². The molecule has 1 aliphatic rings. The van der Waals surface area contributed by atoms with E-state index in [4.69, 9.17) is 21.1 Å². The molecule has 0 atom stereocenters. The summed E-state index contributed by atoms with van der Waals surface area (Å²) in [7, 11) is 1.27. The maximum Gasteiger partial charge on any atom is 0.340 e. The van der Waals surface area contributed by atoms with Gasteiger partial charge in [0.2, 0.25) is 0 Å². The standard InChI is InChI=1S/C25H23ClN2O5/c1-4-12-28-16(2)23(25(31)32-3)21(24(28)30)13-17-8-10-20(11-9-17)33-15-22(29)27-19-7-5-6-18(26)14-19/h4-11,13-14H,1,12,15H2,2-3H3,(H,27,29)/b21-13-. The van der Waals surface area contributed by atoms with Gasteiger partial charge < -0.3 is 19.7 Å². The van der Waals surface area contributed by atoms with E-state index in [2.05, 4.69) is 11.9 Å². The number of halogens is 1. The van der Waals surface area contributed by atoms with Gasteiger partial charge in [-0.05, 0) is 48.9 Å². The Hall–Kier alpha value is -3.84. The first-order chi connectivity index (χ1) is 15.8. The summed E-state index contributed by atoms with van der Waals surface area (Å²) in [5, 5.41) is 3.22. The molecule has 0 saturated heterocycles. The third-order valence-electron chi connectivity index (χ3n) is 4.88. The minimum atomic E-state index is -0.579. The molecule has 1 aliphatic heterocycles. The second-order valence-electron chi connectivity index (χ2n) is 7.13. The lowest BCUT2D eigenvalue weighted by Gasteiger charge is -2.14. The van der Waals surface area contributed by atoms with Crippen molar-refractivity contribution in [1.29, 1.82) is 0 Å². The van der Waals surface area contributed by atoms with Crippen LogP contribution in [0.1, 0.15) is 12.5 Å². The molecule has 0 bridgehead atoms. The zero-order valence-electron chi connectivity index (χ0n) is 18.3. The van der Waals surface area contributed by atoms with Crippen molar-refractivity contribution in [2.75, 3.05) is 25.6 Å². The Balaban J connectivity index is 1.70. The van der Waals surface area contributed by atoms with Gasteiger partial charge in [-0.3, -0.25) is 9.59 Å². The minimum Gasteiger partial charge on any atom is -0.484 e. The fourth-order valence-electron chi connectivity index (χ4n) is 3.32. The second kappa shape index (κ2) is 10.7. The lowest BCUT2D eigenvalue weighted by molar-refractivity contribution is -0.136. The predicted molar refractivity (Wildman–Crippen MR) is 127 cm³/mol. The average molecular weight is 467 g/mol. The number of carbonyl (C=O) groups excluding carboxylic acids is 3. The van der Waals surface area contributed by atoms with Gasteiger partial charge in [0, 0.05) is 23.0 Å². The van der Waals surface area contributed by atoms with Gasteiger partial charge in [-0.2, -0.15) is 0 Å². The molecule has 2 amide bonds. The summed E-state index contributed by atoms with van der Waals surface area (Å²) in [5.74, 6) is -0.731. The molecule has 0 aliphatic carbocycles. The highest BCUT2D eigenvalue weighted by atomic mass is 35.5. The average Bonchev–Trinajstić information content (AvgIpc) is 3.02. The Morgan fingerprint density at radius 3 is 2.55 bits per heavy atom. The molecule has 7 nitrogen and oxygen atoms in total. The van der Waals surface area contributed by atoms with Crippen LogP contribution >= 0.6 is 11.6 Å². The summed E-state index contributed by atoms with van der Waals surface area (Å²) in [6.07, 6.45) is 3.21. The highest BCUT2D eigenvalue weighted by Crippen LogP contribution is 2.31. The van der Waals surface area contributed by atoms with Crippen molar-refractivity contribution in [1.82, 2.24) is 4.90 Å².